The van der Waals surface area contributed by atoms with Crippen LogP contribution >= 0.6 is 0 Å². The van der Waals surface area contributed by atoms with Crippen molar-refractivity contribution in [2.24, 2.45) is 0 Å². The third-order valence-corrected chi connectivity index (χ3v) is 2.87. The maximum Gasteiger partial charge on any atom is 0.408 e. The summed E-state index contributed by atoms with van der Waals surface area (Å²) in [6.45, 7) is 4.91. The van der Waals surface area contributed by atoms with Crippen LogP contribution in [0, 0.1) is 0 Å². The van der Waals surface area contributed by atoms with Gasteiger partial charge in [0.25, 0.3) is 0 Å². The third-order valence-electron chi connectivity index (χ3n) is 2.87. The average molecular weight is 338 g/mol. The van der Waals surface area contributed by atoms with Crippen molar-refractivity contribution in [1.82, 2.24) is 5.32 Å². The Kier molecular flexibility index (Phi) is 6.58. The molecule has 1 aromatic carbocycles. The normalized spacial score (nSPS) is 13.5. The van der Waals surface area contributed by atoms with E-state index in [1.165, 1.54) is 0 Å². The number of hydrogen-bond donors (Lipinski definition) is 4. The number of benzene rings is 1. The quantitative estimate of drug-likeness (QED) is 0.598. The lowest BCUT2D eigenvalue weighted by atomic mass is 10.1. The van der Waals surface area contributed by atoms with Crippen LogP contribution in [0.1, 0.15) is 27.2 Å². The number of anilines is 1. The number of carbonyl (C=O) groups is 3. The number of rotatable bonds is 7. The highest BCUT2D eigenvalue weighted by Crippen LogP contribution is 2.12. The van der Waals surface area contributed by atoms with Crippen LogP contribution in [-0.4, -0.2) is 45.9 Å². The smallest absolute Gasteiger partial charge is 0.408 e. The van der Waals surface area contributed by atoms with Gasteiger partial charge in [-0.2, -0.15) is 0 Å². The molecule has 0 saturated carbocycles. The number of para-hydroxylation sites is 1. The number of amides is 1. The first-order valence-corrected chi connectivity index (χ1v) is 7.35. The lowest BCUT2D eigenvalue weighted by Gasteiger charge is -2.24. The van der Waals surface area contributed by atoms with E-state index in [4.69, 9.17) is 4.74 Å². The second-order valence-corrected chi connectivity index (χ2v) is 6.17. The number of carboxylic acid groups (broad SMARTS) is 2. The molecule has 0 heterocycles. The molecule has 8 heteroatoms. The summed E-state index contributed by atoms with van der Waals surface area (Å²) in [5.74, 6) is -2.57. The Morgan fingerprint density at radius 3 is 2.04 bits per heavy atom. The van der Waals surface area contributed by atoms with Crippen molar-refractivity contribution >= 4 is 23.7 Å². The fourth-order valence-corrected chi connectivity index (χ4v) is 1.86. The van der Waals surface area contributed by atoms with Gasteiger partial charge in [-0.25, -0.2) is 14.4 Å². The summed E-state index contributed by atoms with van der Waals surface area (Å²) >= 11 is 0. The topological polar surface area (TPSA) is 125 Å². The Labute approximate surface area is 139 Å². The number of carbonyl (C=O) groups excluding carboxylic acids is 1. The second-order valence-electron chi connectivity index (χ2n) is 6.17. The van der Waals surface area contributed by atoms with Crippen LogP contribution in [0.25, 0.3) is 0 Å². The molecule has 0 fully saturated rings. The maximum absolute atomic E-state index is 11.7. The summed E-state index contributed by atoms with van der Waals surface area (Å²) in [5, 5.41) is 23.4. The lowest BCUT2D eigenvalue weighted by molar-refractivity contribution is -0.141. The fourth-order valence-electron chi connectivity index (χ4n) is 1.86. The van der Waals surface area contributed by atoms with Crippen molar-refractivity contribution in [3.63, 3.8) is 0 Å². The predicted molar refractivity (Wildman–Crippen MR) is 86.9 cm³/mol. The Balaban J connectivity index is 2.77. The van der Waals surface area contributed by atoms with Gasteiger partial charge in [0.1, 0.15) is 17.7 Å². The Hall–Kier alpha value is -2.77. The number of aliphatic carboxylic acids is 2. The largest absolute Gasteiger partial charge is 0.480 e. The minimum absolute atomic E-state index is 0.348. The van der Waals surface area contributed by atoms with E-state index in [0.717, 1.165) is 0 Å². The molecule has 0 aliphatic rings. The van der Waals surface area contributed by atoms with Gasteiger partial charge in [-0.15, -0.1) is 0 Å². The van der Waals surface area contributed by atoms with E-state index in [1.807, 2.05) is 0 Å². The van der Waals surface area contributed by atoms with E-state index in [2.05, 4.69) is 10.6 Å². The van der Waals surface area contributed by atoms with Gasteiger partial charge in [-0.3, -0.25) is 0 Å². The van der Waals surface area contributed by atoms with Crippen molar-refractivity contribution in [2.45, 2.75) is 44.9 Å². The first-order valence-electron chi connectivity index (χ1n) is 7.35. The zero-order valence-electron chi connectivity index (χ0n) is 13.8. The summed E-state index contributed by atoms with van der Waals surface area (Å²) in [6.07, 6.45) is -1.27. The van der Waals surface area contributed by atoms with Crippen LogP contribution in [0.5, 0.6) is 0 Å². The molecule has 0 aliphatic heterocycles. The molecule has 2 atom stereocenters. The zero-order chi connectivity index (χ0) is 18.3. The molecule has 0 saturated heterocycles. The monoisotopic (exact) mass is 338 g/mol. The number of ether oxygens (including phenoxy) is 1. The van der Waals surface area contributed by atoms with Crippen LogP contribution in [0.15, 0.2) is 30.3 Å². The predicted octanol–water partition coefficient (Wildman–Crippen LogP) is 1.92. The summed E-state index contributed by atoms with van der Waals surface area (Å²) in [6, 6.07) is 5.93. The maximum atomic E-state index is 11.7. The first kappa shape index (κ1) is 19.3. The van der Waals surface area contributed by atoms with E-state index in [1.54, 1.807) is 51.1 Å². The molecule has 1 amide bonds. The fraction of sp³-hybridized carbons (Fsp3) is 0.438. The Bertz CT molecular complexity index is 582. The molecule has 4 N–H and O–H groups in total. The van der Waals surface area contributed by atoms with Crippen LogP contribution in [0.4, 0.5) is 10.5 Å². The molecule has 0 aromatic heterocycles. The summed E-state index contributed by atoms with van der Waals surface area (Å²) < 4.78 is 5.00. The van der Waals surface area contributed by atoms with Gasteiger partial charge in [-0.1, -0.05) is 18.2 Å². The molecule has 0 bridgehead atoms. The van der Waals surface area contributed by atoms with Crippen molar-refractivity contribution < 1.29 is 29.3 Å². The number of hydrogen-bond acceptors (Lipinski definition) is 5. The highest BCUT2D eigenvalue weighted by Gasteiger charge is 2.29. The van der Waals surface area contributed by atoms with Gasteiger partial charge in [0.05, 0.1) is 0 Å². The van der Waals surface area contributed by atoms with Crippen LogP contribution in [0.2, 0.25) is 0 Å². The SMILES string of the molecule is CC(C)(C)OC(=O)N[C@@H](CC(Nc1ccccc1)C(=O)O)C(=O)O. The third kappa shape index (κ3) is 6.99. The molecule has 24 heavy (non-hydrogen) atoms. The lowest BCUT2D eigenvalue weighted by Crippen LogP contribution is -2.47. The molecule has 0 radical (unpaired) electrons. The molecular formula is C16H22N2O6. The van der Waals surface area contributed by atoms with Gasteiger partial charge in [0, 0.05) is 12.1 Å². The van der Waals surface area contributed by atoms with Crippen LogP contribution in [-0.2, 0) is 14.3 Å². The minimum Gasteiger partial charge on any atom is -0.480 e. The molecule has 1 aromatic rings. The zero-order valence-corrected chi connectivity index (χ0v) is 13.8. The highest BCUT2D eigenvalue weighted by molar-refractivity contribution is 5.83. The van der Waals surface area contributed by atoms with Crippen molar-refractivity contribution in [1.29, 1.82) is 0 Å². The molecule has 0 aliphatic carbocycles. The van der Waals surface area contributed by atoms with Crippen molar-refractivity contribution in [3.8, 4) is 0 Å². The molecule has 1 rings (SSSR count). The van der Waals surface area contributed by atoms with Gasteiger partial charge in [0.2, 0.25) is 0 Å². The first-order chi connectivity index (χ1) is 11.1. The Morgan fingerprint density at radius 2 is 1.58 bits per heavy atom. The minimum atomic E-state index is -1.41. The molecule has 132 valence electrons. The van der Waals surface area contributed by atoms with Crippen LogP contribution in [0.3, 0.4) is 0 Å². The van der Waals surface area contributed by atoms with Crippen molar-refractivity contribution in [2.75, 3.05) is 5.32 Å². The van der Waals surface area contributed by atoms with Gasteiger partial charge in [-0.05, 0) is 32.9 Å². The second kappa shape index (κ2) is 8.19. The molecular weight excluding hydrogens is 316 g/mol. The highest BCUT2D eigenvalue weighted by atomic mass is 16.6. The summed E-state index contributed by atoms with van der Waals surface area (Å²) in [5.41, 5.74) is -0.256. The van der Waals surface area contributed by atoms with E-state index >= 15 is 0 Å². The number of nitrogens with one attached hydrogen (secondary N) is 2. The van der Waals surface area contributed by atoms with E-state index in [0.29, 0.717) is 5.69 Å². The van der Waals surface area contributed by atoms with Gasteiger partial charge >= 0.3 is 18.0 Å². The summed E-state index contributed by atoms with van der Waals surface area (Å²) in [4.78, 5) is 34.4. The van der Waals surface area contributed by atoms with Gasteiger partial charge in [0.15, 0.2) is 0 Å². The summed E-state index contributed by atoms with van der Waals surface area (Å²) in [7, 11) is 0. The number of carboxylic acids is 2. The number of alkyl carbamates (subject to hydrolysis) is 1. The van der Waals surface area contributed by atoms with Gasteiger partial charge < -0.3 is 25.6 Å². The standard InChI is InChI=1S/C16H22N2O6/c1-16(2,3)24-15(23)18-12(14(21)22)9-11(13(19)20)17-10-7-5-4-6-8-10/h4-8,11-12,17H,9H2,1-3H3,(H,18,23)(H,19,20)(H,21,22)/t11?,12-/m0/s1. The van der Waals surface area contributed by atoms with E-state index in [-0.39, 0.29) is 6.42 Å². The van der Waals surface area contributed by atoms with Crippen molar-refractivity contribution in [3.05, 3.63) is 30.3 Å². The van der Waals surface area contributed by atoms with Crippen LogP contribution < -0.4 is 10.6 Å². The van der Waals surface area contributed by atoms with E-state index < -0.39 is 35.7 Å². The molecule has 8 nitrogen and oxygen atoms in total. The Morgan fingerprint density at radius 1 is 1.04 bits per heavy atom. The average Bonchev–Trinajstić information content (AvgIpc) is 2.44. The molecule has 1 unspecified atom stereocenters. The van der Waals surface area contributed by atoms with E-state index in [9.17, 15) is 24.6 Å². The molecule has 0 spiro atoms.